The van der Waals surface area contributed by atoms with Gasteiger partial charge in [-0.05, 0) is 54.8 Å². The van der Waals surface area contributed by atoms with Crippen LogP contribution in [0.15, 0.2) is 60.7 Å². The second-order valence-electron chi connectivity index (χ2n) is 8.90. The Morgan fingerprint density at radius 1 is 1.03 bits per heavy atom. The van der Waals surface area contributed by atoms with Crippen molar-refractivity contribution < 1.29 is 4.74 Å². The summed E-state index contributed by atoms with van der Waals surface area (Å²) < 4.78 is 5.39. The second kappa shape index (κ2) is 10.9. The minimum Gasteiger partial charge on any atom is -0.383 e. The van der Waals surface area contributed by atoms with E-state index >= 15 is 0 Å². The van der Waals surface area contributed by atoms with Crippen molar-refractivity contribution in [1.82, 2.24) is 9.80 Å². The maximum absolute atomic E-state index is 5.39. The normalized spacial score (nSPS) is 20.3. The number of rotatable bonds is 9. The van der Waals surface area contributed by atoms with Crippen molar-refractivity contribution in [3.05, 3.63) is 77.4 Å². The second-order valence-corrected chi connectivity index (χ2v) is 8.90. The Morgan fingerprint density at radius 3 is 2.50 bits per heavy atom. The number of hydrogen-bond acceptors (Lipinski definition) is 3. The molecule has 4 rings (SSSR count). The minimum atomic E-state index is 0.704. The molecule has 1 aliphatic carbocycles. The van der Waals surface area contributed by atoms with E-state index in [4.69, 9.17) is 4.74 Å². The zero-order valence-corrected chi connectivity index (χ0v) is 18.4. The first-order valence-electron chi connectivity index (χ1n) is 11.6. The number of nitrogens with zero attached hydrogens (tertiary/aromatic N) is 2. The zero-order valence-electron chi connectivity index (χ0n) is 18.4. The van der Waals surface area contributed by atoms with Gasteiger partial charge in [0, 0.05) is 39.3 Å². The molecule has 2 aromatic carbocycles. The Hall–Kier alpha value is -1.94. The third kappa shape index (κ3) is 5.81. The van der Waals surface area contributed by atoms with Crippen molar-refractivity contribution >= 4 is 6.08 Å². The molecule has 1 aliphatic heterocycles. The third-order valence-corrected chi connectivity index (χ3v) is 6.70. The van der Waals surface area contributed by atoms with Crippen LogP contribution in [0.1, 0.15) is 29.5 Å². The summed E-state index contributed by atoms with van der Waals surface area (Å²) in [6, 6.07) is 20.3. The van der Waals surface area contributed by atoms with Gasteiger partial charge < -0.3 is 4.74 Å². The van der Waals surface area contributed by atoms with Crippen LogP contribution in [-0.2, 0) is 17.6 Å². The van der Waals surface area contributed by atoms with Gasteiger partial charge in [0.05, 0.1) is 6.61 Å². The average Bonchev–Trinajstić information content (AvgIpc) is 3.23. The summed E-state index contributed by atoms with van der Waals surface area (Å²) in [7, 11) is 1.80. The molecule has 0 amide bonds. The van der Waals surface area contributed by atoms with Crippen LogP contribution in [0.25, 0.3) is 6.08 Å². The van der Waals surface area contributed by atoms with E-state index in [1.807, 2.05) is 0 Å². The van der Waals surface area contributed by atoms with Gasteiger partial charge in [-0.2, -0.15) is 0 Å². The fourth-order valence-electron chi connectivity index (χ4n) is 5.12. The molecule has 2 aromatic rings. The lowest BCUT2D eigenvalue weighted by atomic mass is 9.95. The summed E-state index contributed by atoms with van der Waals surface area (Å²) in [5.74, 6) is 0.754. The molecule has 0 spiro atoms. The molecule has 0 radical (unpaired) electrons. The fraction of sp³-hybridized carbons (Fsp3) is 0.481. The van der Waals surface area contributed by atoms with Crippen molar-refractivity contribution in [3.63, 3.8) is 0 Å². The van der Waals surface area contributed by atoms with Gasteiger partial charge in [-0.3, -0.25) is 9.80 Å². The standard InChI is InChI=1S/C27H36N2O/c1-30-18-17-28(15-7-11-23-9-3-2-4-10-23)21-24-12-8-16-29(22-24)27-19-25-13-5-6-14-26(25)20-27/h2-7,9-11,13-14,24,27H,8,12,15-22H2,1H3/b11-7+. The Kier molecular flexibility index (Phi) is 7.74. The van der Waals surface area contributed by atoms with E-state index in [9.17, 15) is 0 Å². The largest absolute Gasteiger partial charge is 0.383 e. The van der Waals surface area contributed by atoms with Crippen molar-refractivity contribution in [1.29, 1.82) is 0 Å². The molecule has 0 aromatic heterocycles. The monoisotopic (exact) mass is 404 g/mol. The Balaban J connectivity index is 1.31. The first-order valence-corrected chi connectivity index (χ1v) is 11.6. The summed E-state index contributed by atoms with van der Waals surface area (Å²) in [6.45, 7) is 6.46. The molecule has 30 heavy (non-hydrogen) atoms. The Morgan fingerprint density at radius 2 is 1.77 bits per heavy atom. The number of fused-ring (bicyclic) bond motifs is 1. The van der Waals surface area contributed by atoms with Crippen LogP contribution in [0.5, 0.6) is 0 Å². The molecule has 1 unspecified atom stereocenters. The van der Waals surface area contributed by atoms with Gasteiger partial charge in [-0.15, -0.1) is 0 Å². The number of hydrogen-bond donors (Lipinski definition) is 0. The van der Waals surface area contributed by atoms with Crippen LogP contribution >= 0.6 is 0 Å². The van der Waals surface area contributed by atoms with Gasteiger partial charge in [-0.1, -0.05) is 66.7 Å². The number of ether oxygens (including phenoxy) is 1. The lowest BCUT2D eigenvalue weighted by Crippen LogP contribution is -2.46. The highest BCUT2D eigenvalue weighted by molar-refractivity contribution is 5.48. The zero-order chi connectivity index (χ0) is 20.6. The molecule has 1 atom stereocenters. The molecule has 0 bridgehead atoms. The topological polar surface area (TPSA) is 15.7 Å². The quantitative estimate of drug-likeness (QED) is 0.611. The first-order chi connectivity index (χ1) is 14.8. The number of methoxy groups -OCH3 is 1. The Labute approximate surface area is 182 Å². The van der Waals surface area contributed by atoms with E-state index < -0.39 is 0 Å². The SMILES string of the molecule is COCCN(C/C=C/c1ccccc1)CC1CCCN(C2Cc3ccccc3C2)C1. The van der Waals surface area contributed by atoms with Crippen molar-refractivity contribution in [3.8, 4) is 0 Å². The van der Waals surface area contributed by atoms with Crippen molar-refractivity contribution in [2.24, 2.45) is 5.92 Å². The number of piperidine rings is 1. The first kappa shape index (κ1) is 21.3. The summed E-state index contributed by atoms with van der Waals surface area (Å²) in [4.78, 5) is 5.35. The lowest BCUT2D eigenvalue weighted by Gasteiger charge is -2.38. The van der Waals surface area contributed by atoms with Gasteiger partial charge in [0.15, 0.2) is 0 Å². The van der Waals surface area contributed by atoms with Crippen molar-refractivity contribution in [2.45, 2.75) is 31.7 Å². The van der Waals surface area contributed by atoms with Gasteiger partial charge >= 0.3 is 0 Å². The van der Waals surface area contributed by atoms with Crippen LogP contribution in [-0.4, -0.2) is 62.3 Å². The summed E-state index contributed by atoms with van der Waals surface area (Å²) in [5.41, 5.74) is 4.41. The fourth-order valence-corrected chi connectivity index (χ4v) is 5.12. The van der Waals surface area contributed by atoms with Crippen LogP contribution < -0.4 is 0 Å². The molecular formula is C27H36N2O. The minimum absolute atomic E-state index is 0.704. The summed E-state index contributed by atoms with van der Waals surface area (Å²) >= 11 is 0. The van der Waals surface area contributed by atoms with Gasteiger partial charge in [0.1, 0.15) is 0 Å². The highest BCUT2D eigenvalue weighted by Gasteiger charge is 2.30. The third-order valence-electron chi connectivity index (χ3n) is 6.70. The molecule has 160 valence electrons. The van der Waals surface area contributed by atoms with E-state index in [0.717, 1.165) is 25.6 Å². The molecule has 1 heterocycles. The van der Waals surface area contributed by atoms with Crippen LogP contribution in [0.3, 0.4) is 0 Å². The Bertz CT molecular complexity index is 779. The summed E-state index contributed by atoms with van der Waals surface area (Å²) in [5, 5.41) is 0. The van der Waals surface area contributed by atoms with E-state index in [0.29, 0.717) is 6.04 Å². The average molecular weight is 405 g/mol. The molecule has 0 saturated carbocycles. The maximum atomic E-state index is 5.39. The number of benzene rings is 2. The highest BCUT2D eigenvalue weighted by Crippen LogP contribution is 2.29. The van der Waals surface area contributed by atoms with Crippen LogP contribution in [0.4, 0.5) is 0 Å². The molecule has 1 saturated heterocycles. The van der Waals surface area contributed by atoms with E-state index in [1.165, 1.54) is 50.9 Å². The van der Waals surface area contributed by atoms with E-state index in [1.54, 1.807) is 18.2 Å². The molecule has 3 nitrogen and oxygen atoms in total. The maximum Gasteiger partial charge on any atom is 0.0589 e. The molecule has 3 heteroatoms. The molecular weight excluding hydrogens is 368 g/mol. The summed E-state index contributed by atoms with van der Waals surface area (Å²) in [6.07, 6.45) is 9.69. The lowest BCUT2D eigenvalue weighted by molar-refractivity contribution is 0.0916. The smallest absolute Gasteiger partial charge is 0.0589 e. The molecule has 2 aliphatic rings. The van der Waals surface area contributed by atoms with Gasteiger partial charge in [0.25, 0.3) is 0 Å². The predicted molar refractivity (Wildman–Crippen MR) is 126 cm³/mol. The highest BCUT2D eigenvalue weighted by atomic mass is 16.5. The number of likely N-dealkylation sites (tertiary alicyclic amines) is 1. The van der Waals surface area contributed by atoms with Crippen LogP contribution in [0, 0.1) is 5.92 Å². The van der Waals surface area contributed by atoms with Crippen molar-refractivity contribution in [2.75, 3.05) is 46.4 Å². The van der Waals surface area contributed by atoms with Gasteiger partial charge in [0.2, 0.25) is 0 Å². The van der Waals surface area contributed by atoms with E-state index in [-0.39, 0.29) is 0 Å². The molecule has 1 fully saturated rings. The predicted octanol–water partition coefficient (Wildman–Crippen LogP) is 4.53. The van der Waals surface area contributed by atoms with Crippen LogP contribution in [0.2, 0.25) is 0 Å². The molecule has 0 N–H and O–H groups in total. The van der Waals surface area contributed by atoms with E-state index in [2.05, 4.69) is 76.5 Å². The van der Waals surface area contributed by atoms with Gasteiger partial charge in [-0.25, -0.2) is 0 Å².